The van der Waals surface area contributed by atoms with Crippen LogP contribution in [0.1, 0.15) is 5.56 Å². The van der Waals surface area contributed by atoms with E-state index < -0.39 is 11.8 Å². The highest BCUT2D eigenvalue weighted by molar-refractivity contribution is 9.10. The number of benzene rings is 1. The van der Waals surface area contributed by atoms with Crippen LogP contribution in [0.3, 0.4) is 0 Å². The molecule has 78 valence electrons. The van der Waals surface area contributed by atoms with Crippen molar-refractivity contribution in [1.29, 1.82) is 0 Å². The smallest absolute Gasteiger partial charge is 0.329 e. The number of amides is 2. The molecular formula is C9H8BrN3O2. The van der Waals surface area contributed by atoms with E-state index in [4.69, 9.17) is 5.73 Å². The van der Waals surface area contributed by atoms with Crippen LogP contribution in [0.15, 0.2) is 33.8 Å². The van der Waals surface area contributed by atoms with Gasteiger partial charge in [-0.25, -0.2) is 5.43 Å². The van der Waals surface area contributed by atoms with Crippen molar-refractivity contribution < 1.29 is 9.59 Å². The maximum Gasteiger partial charge on any atom is 0.329 e. The van der Waals surface area contributed by atoms with Crippen molar-refractivity contribution in [3.63, 3.8) is 0 Å². The van der Waals surface area contributed by atoms with Crippen LogP contribution in [-0.4, -0.2) is 18.0 Å². The van der Waals surface area contributed by atoms with Crippen molar-refractivity contribution in [2.75, 3.05) is 0 Å². The number of rotatable bonds is 2. The third-order valence-electron chi connectivity index (χ3n) is 1.47. The second kappa shape index (κ2) is 5.26. The summed E-state index contributed by atoms with van der Waals surface area (Å²) >= 11 is 3.28. The first-order valence-corrected chi connectivity index (χ1v) is 4.77. The molecule has 0 saturated carbocycles. The summed E-state index contributed by atoms with van der Waals surface area (Å²) in [5, 5.41) is 3.55. The van der Waals surface area contributed by atoms with Crippen LogP contribution in [-0.2, 0) is 9.59 Å². The van der Waals surface area contributed by atoms with Crippen LogP contribution < -0.4 is 11.2 Å². The third-order valence-corrected chi connectivity index (χ3v) is 2.00. The van der Waals surface area contributed by atoms with Gasteiger partial charge in [0.2, 0.25) is 0 Å². The molecule has 1 aromatic carbocycles. The normalized spacial score (nSPS) is 10.2. The van der Waals surface area contributed by atoms with E-state index in [1.165, 1.54) is 6.21 Å². The van der Waals surface area contributed by atoms with Crippen molar-refractivity contribution >= 4 is 34.0 Å². The lowest BCUT2D eigenvalue weighted by molar-refractivity contribution is -0.137. The number of nitrogens with one attached hydrogen (secondary N) is 1. The summed E-state index contributed by atoms with van der Waals surface area (Å²) in [5.74, 6) is -2.01. The Kier molecular flexibility index (Phi) is 3.99. The predicted octanol–water partition coefficient (Wildman–Crippen LogP) is 0.385. The Morgan fingerprint density at radius 3 is 2.47 bits per heavy atom. The number of carbonyl (C=O) groups is 2. The van der Waals surface area contributed by atoms with Gasteiger partial charge in [-0.15, -0.1) is 0 Å². The minimum atomic E-state index is -1.07. The molecule has 1 rings (SSSR count). The van der Waals surface area contributed by atoms with Crippen molar-refractivity contribution in [3.8, 4) is 0 Å². The van der Waals surface area contributed by atoms with E-state index in [0.29, 0.717) is 0 Å². The molecule has 0 spiro atoms. The zero-order chi connectivity index (χ0) is 11.3. The van der Waals surface area contributed by atoms with E-state index in [-0.39, 0.29) is 0 Å². The highest BCUT2D eigenvalue weighted by Crippen LogP contribution is 2.08. The van der Waals surface area contributed by atoms with Crippen LogP contribution in [0.2, 0.25) is 0 Å². The van der Waals surface area contributed by atoms with Crippen molar-refractivity contribution in [3.05, 3.63) is 34.3 Å². The Morgan fingerprint density at radius 1 is 1.33 bits per heavy atom. The number of carbonyl (C=O) groups excluding carboxylic acids is 2. The fourth-order valence-electron chi connectivity index (χ4n) is 0.769. The number of nitrogens with two attached hydrogens (primary N) is 1. The first-order valence-electron chi connectivity index (χ1n) is 3.98. The standard InChI is InChI=1S/C9H8BrN3O2/c10-7-3-1-6(2-4-7)5-12-13-9(15)8(11)14/h1-5H,(H2,11,14)(H,13,15)/b12-5-. The van der Waals surface area contributed by atoms with Gasteiger partial charge in [-0.1, -0.05) is 28.1 Å². The zero-order valence-corrected chi connectivity index (χ0v) is 9.19. The molecule has 0 atom stereocenters. The fourth-order valence-corrected chi connectivity index (χ4v) is 1.03. The van der Waals surface area contributed by atoms with Gasteiger partial charge in [0.15, 0.2) is 0 Å². The molecule has 0 bridgehead atoms. The van der Waals surface area contributed by atoms with Gasteiger partial charge in [0.25, 0.3) is 0 Å². The lowest BCUT2D eigenvalue weighted by atomic mass is 10.2. The summed E-state index contributed by atoms with van der Waals surface area (Å²) in [6.45, 7) is 0. The lowest BCUT2D eigenvalue weighted by Gasteiger charge is -1.94. The van der Waals surface area contributed by atoms with Gasteiger partial charge in [-0.3, -0.25) is 9.59 Å². The monoisotopic (exact) mass is 269 g/mol. The predicted molar refractivity (Wildman–Crippen MR) is 59.1 cm³/mol. The molecule has 0 unspecified atom stereocenters. The van der Waals surface area contributed by atoms with E-state index in [1.807, 2.05) is 17.6 Å². The maximum atomic E-state index is 10.7. The van der Waals surface area contributed by atoms with Crippen molar-refractivity contribution in [2.24, 2.45) is 10.8 Å². The largest absolute Gasteiger partial charge is 0.361 e. The van der Waals surface area contributed by atoms with Crippen LogP contribution in [0, 0.1) is 0 Å². The Balaban J connectivity index is 2.55. The lowest BCUT2D eigenvalue weighted by Crippen LogP contribution is -2.32. The molecule has 5 nitrogen and oxygen atoms in total. The number of nitrogens with zero attached hydrogens (tertiary/aromatic N) is 1. The zero-order valence-electron chi connectivity index (χ0n) is 7.61. The summed E-state index contributed by atoms with van der Waals surface area (Å²) in [6.07, 6.45) is 1.41. The molecule has 2 amide bonds. The number of hydrogen-bond acceptors (Lipinski definition) is 3. The second-order valence-electron chi connectivity index (χ2n) is 2.61. The third kappa shape index (κ3) is 3.90. The Bertz CT molecular complexity index is 400. The van der Waals surface area contributed by atoms with Crippen LogP contribution in [0.5, 0.6) is 0 Å². The van der Waals surface area contributed by atoms with Crippen LogP contribution >= 0.6 is 15.9 Å². The highest BCUT2D eigenvalue weighted by atomic mass is 79.9. The molecule has 0 heterocycles. The van der Waals surface area contributed by atoms with Crippen molar-refractivity contribution in [1.82, 2.24) is 5.43 Å². The van der Waals surface area contributed by atoms with Crippen molar-refractivity contribution in [2.45, 2.75) is 0 Å². The maximum absolute atomic E-state index is 10.7. The molecule has 0 aliphatic rings. The van der Waals surface area contributed by atoms with Gasteiger partial charge >= 0.3 is 11.8 Å². The SMILES string of the molecule is NC(=O)C(=O)N/N=C\c1ccc(Br)cc1. The van der Waals surface area contributed by atoms with Gasteiger partial charge in [0, 0.05) is 4.47 Å². The number of halogens is 1. The first-order chi connectivity index (χ1) is 7.09. The average molecular weight is 270 g/mol. The molecule has 0 saturated heterocycles. The number of hydrazone groups is 1. The molecule has 0 radical (unpaired) electrons. The molecule has 6 heteroatoms. The number of primary amides is 1. The summed E-state index contributed by atoms with van der Waals surface area (Å²) < 4.78 is 0.945. The fraction of sp³-hybridized carbons (Fsp3) is 0. The number of hydrogen-bond donors (Lipinski definition) is 2. The minimum absolute atomic E-state index is 0.794. The second-order valence-corrected chi connectivity index (χ2v) is 3.53. The van der Waals surface area contributed by atoms with Crippen LogP contribution in [0.4, 0.5) is 0 Å². The van der Waals surface area contributed by atoms with E-state index in [9.17, 15) is 9.59 Å². The first kappa shape index (κ1) is 11.4. The molecule has 0 aliphatic carbocycles. The minimum Gasteiger partial charge on any atom is -0.361 e. The van der Waals surface area contributed by atoms with Gasteiger partial charge in [0.1, 0.15) is 0 Å². The molecular weight excluding hydrogens is 262 g/mol. The molecule has 1 aromatic rings. The molecule has 15 heavy (non-hydrogen) atoms. The molecule has 0 fully saturated rings. The van der Waals surface area contributed by atoms with Gasteiger partial charge in [0.05, 0.1) is 6.21 Å². The summed E-state index contributed by atoms with van der Waals surface area (Å²) in [5.41, 5.74) is 7.49. The average Bonchev–Trinajstić information content (AvgIpc) is 2.20. The van der Waals surface area contributed by atoms with Gasteiger partial charge in [-0.05, 0) is 17.7 Å². The summed E-state index contributed by atoms with van der Waals surface area (Å²) in [4.78, 5) is 21.0. The van der Waals surface area contributed by atoms with E-state index in [0.717, 1.165) is 10.0 Å². The topological polar surface area (TPSA) is 84.5 Å². The van der Waals surface area contributed by atoms with E-state index >= 15 is 0 Å². The molecule has 0 aliphatic heterocycles. The Labute approximate surface area is 94.5 Å². The highest BCUT2D eigenvalue weighted by Gasteiger charge is 2.04. The van der Waals surface area contributed by atoms with Gasteiger partial charge < -0.3 is 5.73 Å². The molecule has 3 N–H and O–H groups in total. The Hall–Kier alpha value is -1.69. The van der Waals surface area contributed by atoms with Gasteiger partial charge in [-0.2, -0.15) is 5.10 Å². The quantitative estimate of drug-likeness (QED) is 0.462. The summed E-state index contributed by atoms with van der Waals surface area (Å²) in [6, 6.07) is 7.25. The van der Waals surface area contributed by atoms with Crippen LogP contribution in [0.25, 0.3) is 0 Å². The van der Waals surface area contributed by atoms with E-state index in [2.05, 4.69) is 21.0 Å². The Morgan fingerprint density at radius 2 is 1.93 bits per heavy atom. The summed E-state index contributed by atoms with van der Waals surface area (Å²) in [7, 11) is 0. The van der Waals surface area contributed by atoms with E-state index in [1.54, 1.807) is 12.1 Å². The molecule has 0 aromatic heterocycles.